The molecular weight excluding hydrogens is 237 g/mol. The molecule has 1 aromatic carbocycles. The maximum absolute atomic E-state index is 13.3. The van der Waals surface area contributed by atoms with Crippen LogP contribution in [0.5, 0.6) is 0 Å². The van der Waals surface area contributed by atoms with Crippen LogP contribution in [0.3, 0.4) is 0 Å². The van der Waals surface area contributed by atoms with E-state index in [4.69, 9.17) is 5.73 Å². The quantitative estimate of drug-likeness (QED) is 0.898. The summed E-state index contributed by atoms with van der Waals surface area (Å²) in [5.41, 5.74) is 7.07. The minimum atomic E-state index is -0.872. The molecule has 0 bridgehead atoms. The van der Waals surface area contributed by atoms with Crippen molar-refractivity contribution in [3.63, 3.8) is 0 Å². The molecule has 1 unspecified atom stereocenters. The molecule has 0 saturated heterocycles. The lowest BCUT2D eigenvalue weighted by Crippen LogP contribution is -2.12. The second-order valence-corrected chi connectivity index (χ2v) is 6.32. The lowest BCUT2D eigenvalue weighted by atomic mass is 10.1. The lowest BCUT2D eigenvalue weighted by Gasteiger charge is -2.10. The van der Waals surface area contributed by atoms with Gasteiger partial charge in [-0.2, -0.15) is 0 Å². The topological polar surface area (TPSA) is 43.1 Å². The van der Waals surface area contributed by atoms with Gasteiger partial charge in [0.25, 0.3) is 0 Å². The minimum absolute atomic E-state index is 0.286. The fraction of sp³-hybridized carbons (Fsp3) is 0.538. The van der Waals surface area contributed by atoms with Crippen molar-refractivity contribution in [2.24, 2.45) is 5.73 Å². The van der Waals surface area contributed by atoms with Gasteiger partial charge < -0.3 is 5.73 Å². The molecule has 94 valence electrons. The normalized spacial score (nSPS) is 18.5. The fourth-order valence-corrected chi connectivity index (χ4v) is 3.94. The Morgan fingerprint density at radius 2 is 1.88 bits per heavy atom. The Balaban J connectivity index is 2.06. The highest BCUT2D eigenvalue weighted by atomic mass is 32.2. The molecule has 4 heteroatoms. The molecule has 2 rings (SSSR count). The summed E-state index contributed by atoms with van der Waals surface area (Å²) >= 11 is 0. The van der Waals surface area contributed by atoms with Crippen molar-refractivity contribution in [1.29, 1.82) is 0 Å². The SMILES string of the molecule is NCc1cc(F)cc(CS(=O)C2CCCC2)c1. The van der Waals surface area contributed by atoms with Crippen LogP contribution in [0.4, 0.5) is 4.39 Å². The number of benzene rings is 1. The summed E-state index contributed by atoms with van der Waals surface area (Å²) in [5.74, 6) is 0.168. The van der Waals surface area contributed by atoms with E-state index in [1.54, 1.807) is 0 Å². The van der Waals surface area contributed by atoms with Crippen LogP contribution in [0.25, 0.3) is 0 Å². The van der Waals surface area contributed by atoms with Gasteiger partial charge in [0.15, 0.2) is 0 Å². The van der Waals surface area contributed by atoms with Crippen LogP contribution in [0.1, 0.15) is 36.8 Å². The van der Waals surface area contributed by atoms with Crippen LogP contribution in [0, 0.1) is 5.82 Å². The van der Waals surface area contributed by atoms with E-state index in [2.05, 4.69) is 0 Å². The van der Waals surface area contributed by atoms with Crippen LogP contribution in [-0.4, -0.2) is 9.46 Å². The third-order valence-electron chi connectivity index (χ3n) is 3.24. The highest BCUT2D eigenvalue weighted by Gasteiger charge is 2.21. The molecular formula is C13H18FNOS. The molecule has 1 aromatic rings. The molecule has 0 aliphatic heterocycles. The summed E-state index contributed by atoms with van der Waals surface area (Å²) in [6.07, 6.45) is 4.44. The Hall–Kier alpha value is -0.740. The third-order valence-corrected chi connectivity index (χ3v) is 5.07. The largest absolute Gasteiger partial charge is 0.326 e. The van der Waals surface area contributed by atoms with Crippen molar-refractivity contribution < 1.29 is 8.60 Å². The van der Waals surface area contributed by atoms with Gasteiger partial charge in [0.2, 0.25) is 0 Å². The molecule has 1 atom stereocenters. The Labute approximate surface area is 104 Å². The summed E-state index contributed by atoms with van der Waals surface area (Å²) < 4.78 is 25.4. The van der Waals surface area contributed by atoms with Crippen LogP contribution in [-0.2, 0) is 23.1 Å². The Kier molecular flexibility index (Phi) is 4.29. The summed E-state index contributed by atoms with van der Waals surface area (Å²) in [5, 5.41) is 0.305. The Bertz CT molecular complexity index is 416. The highest BCUT2D eigenvalue weighted by molar-refractivity contribution is 7.84. The Morgan fingerprint density at radius 1 is 1.24 bits per heavy atom. The van der Waals surface area contributed by atoms with Gasteiger partial charge in [-0.25, -0.2) is 4.39 Å². The number of halogens is 1. The van der Waals surface area contributed by atoms with Gasteiger partial charge in [-0.15, -0.1) is 0 Å². The maximum atomic E-state index is 13.3. The smallest absolute Gasteiger partial charge is 0.123 e. The first kappa shape index (κ1) is 12.7. The van der Waals surface area contributed by atoms with Gasteiger partial charge in [-0.05, 0) is 36.1 Å². The lowest BCUT2D eigenvalue weighted by molar-refractivity contribution is 0.623. The first-order valence-corrected chi connectivity index (χ1v) is 7.43. The van der Waals surface area contributed by atoms with E-state index in [-0.39, 0.29) is 5.82 Å². The second-order valence-electron chi connectivity index (χ2n) is 4.60. The monoisotopic (exact) mass is 255 g/mol. The van der Waals surface area contributed by atoms with E-state index in [1.165, 1.54) is 25.0 Å². The first-order valence-electron chi connectivity index (χ1n) is 6.04. The first-order chi connectivity index (χ1) is 8.19. The minimum Gasteiger partial charge on any atom is -0.326 e. The molecule has 0 aromatic heterocycles. The van der Waals surface area contributed by atoms with E-state index in [9.17, 15) is 8.60 Å². The van der Waals surface area contributed by atoms with Crippen molar-refractivity contribution in [2.45, 2.75) is 43.2 Å². The summed E-state index contributed by atoms with van der Waals surface area (Å²) in [6, 6.07) is 4.75. The van der Waals surface area contributed by atoms with E-state index in [0.29, 0.717) is 17.5 Å². The van der Waals surface area contributed by atoms with Crippen molar-refractivity contribution in [3.8, 4) is 0 Å². The van der Waals surface area contributed by atoms with Gasteiger partial charge >= 0.3 is 0 Å². The summed E-state index contributed by atoms with van der Waals surface area (Å²) in [6.45, 7) is 0.320. The fourth-order valence-electron chi connectivity index (χ4n) is 2.35. The van der Waals surface area contributed by atoms with Gasteiger partial charge in [0.05, 0.1) is 0 Å². The van der Waals surface area contributed by atoms with Gasteiger partial charge in [-0.3, -0.25) is 4.21 Å². The van der Waals surface area contributed by atoms with Crippen molar-refractivity contribution in [1.82, 2.24) is 0 Å². The predicted molar refractivity (Wildman–Crippen MR) is 68.4 cm³/mol. The molecule has 0 radical (unpaired) electrons. The summed E-state index contributed by atoms with van der Waals surface area (Å²) in [7, 11) is -0.872. The zero-order chi connectivity index (χ0) is 12.3. The zero-order valence-electron chi connectivity index (χ0n) is 9.82. The second kappa shape index (κ2) is 5.74. The molecule has 1 aliphatic carbocycles. The number of rotatable bonds is 4. The van der Waals surface area contributed by atoms with Gasteiger partial charge in [-0.1, -0.05) is 18.9 Å². The Morgan fingerprint density at radius 3 is 2.53 bits per heavy atom. The predicted octanol–water partition coefficient (Wildman–Crippen LogP) is 2.48. The third kappa shape index (κ3) is 3.36. The van der Waals surface area contributed by atoms with E-state index in [0.717, 1.165) is 24.0 Å². The molecule has 1 aliphatic rings. The van der Waals surface area contributed by atoms with Gasteiger partial charge in [0.1, 0.15) is 5.82 Å². The average Bonchev–Trinajstić information content (AvgIpc) is 2.81. The average molecular weight is 255 g/mol. The van der Waals surface area contributed by atoms with Crippen molar-refractivity contribution >= 4 is 10.8 Å². The van der Waals surface area contributed by atoms with E-state index < -0.39 is 10.8 Å². The van der Waals surface area contributed by atoms with Crippen LogP contribution in [0.15, 0.2) is 18.2 Å². The van der Waals surface area contributed by atoms with Crippen LogP contribution < -0.4 is 5.73 Å². The molecule has 0 amide bonds. The standard InChI is InChI=1S/C13H18FNOS/c14-12-6-10(8-15)5-11(7-12)9-17(16)13-3-1-2-4-13/h5-7,13H,1-4,8-9,15H2. The van der Waals surface area contributed by atoms with E-state index >= 15 is 0 Å². The highest BCUT2D eigenvalue weighted by Crippen LogP contribution is 2.25. The molecule has 1 fully saturated rings. The number of hydrogen-bond donors (Lipinski definition) is 1. The number of hydrogen-bond acceptors (Lipinski definition) is 2. The molecule has 1 saturated carbocycles. The zero-order valence-corrected chi connectivity index (χ0v) is 10.6. The molecule has 2 N–H and O–H groups in total. The molecule has 0 spiro atoms. The molecule has 17 heavy (non-hydrogen) atoms. The maximum Gasteiger partial charge on any atom is 0.123 e. The molecule has 0 heterocycles. The van der Waals surface area contributed by atoms with Gasteiger partial charge in [0, 0.05) is 28.3 Å². The van der Waals surface area contributed by atoms with Crippen LogP contribution >= 0.6 is 0 Å². The molecule has 2 nitrogen and oxygen atoms in total. The van der Waals surface area contributed by atoms with Crippen molar-refractivity contribution in [3.05, 3.63) is 35.1 Å². The summed E-state index contributed by atoms with van der Waals surface area (Å²) in [4.78, 5) is 0. The van der Waals surface area contributed by atoms with E-state index in [1.807, 2.05) is 6.07 Å². The van der Waals surface area contributed by atoms with Crippen molar-refractivity contribution in [2.75, 3.05) is 0 Å². The van der Waals surface area contributed by atoms with Crippen LogP contribution in [0.2, 0.25) is 0 Å². The number of nitrogens with two attached hydrogens (primary N) is 1.